The van der Waals surface area contributed by atoms with Crippen LogP contribution in [0.1, 0.15) is 24.4 Å². The summed E-state index contributed by atoms with van der Waals surface area (Å²) in [6.45, 7) is 0.539. The van der Waals surface area contributed by atoms with E-state index in [1.54, 1.807) is 28.8 Å². The Labute approximate surface area is 177 Å². The summed E-state index contributed by atoms with van der Waals surface area (Å²) in [5.41, 5.74) is 1.78. The quantitative estimate of drug-likeness (QED) is 0.802. The molecule has 3 heterocycles. The summed E-state index contributed by atoms with van der Waals surface area (Å²) >= 11 is 7.93. The van der Waals surface area contributed by atoms with Crippen LogP contribution in [0.2, 0.25) is 5.02 Å². The average Bonchev–Trinajstić information content (AvgIpc) is 3.34. The lowest BCUT2D eigenvalue weighted by molar-refractivity contribution is -0.127. The number of hydrogen-bond donors (Lipinski definition) is 1. The first-order chi connectivity index (χ1) is 14.1. The fraction of sp³-hybridized carbons (Fsp3) is 0.333. The number of benzene rings is 2. The van der Waals surface area contributed by atoms with Crippen molar-refractivity contribution in [1.82, 2.24) is 5.32 Å². The maximum atomic E-state index is 12.9. The van der Waals surface area contributed by atoms with Crippen molar-refractivity contribution in [2.24, 2.45) is 5.92 Å². The Balaban J connectivity index is 1.30. The Kier molecular flexibility index (Phi) is 4.80. The molecule has 3 aliphatic heterocycles. The van der Waals surface area contributed by atoms with Crippen molar-refractivity contribution in [2.45, 2.75) is 23.8 Å². The molecule has 3 aliphatic rings. The topological polar surface area (TPSA) is 67.9 Å². The van der Waals surface area contributed by atoms with Crippen molar-refractivity contribution in [3.63, 3.8) is 0 Å². The minimum atomic E-state index is -0.384. The molecular weight excluding hydrogens is 412 g/mol. The highest BCUT2D eigenvalue weighted by Gasteiger charge is 2.37. The largest absolute Gasteiger partial charge is 0.454 e. The molecule has 6 nitrogen and oxygen atoms in total. The summed E-state index contributed by atoms with van der Waals surface area (Å²) in [6, 6.07) is 11.1. The first-order valence-corrected chi connectivity index (χ1v) is 10.9. The summed E-state index contributed by atoms with van der Waals surface area (Å²) in [5, 5.41) is 3.81. The fourth-order valence-corrected chi connectivity index (χ4v) is 5.28. The first-order valence-electron chi connectivity index (χ1n) is 9.51. The van der Waals surface area contributed by atoms with E-state index in [9.17, 15) is 9.59 Å². The van der Waals surface area contributed by atoms with Crippen LogP contribution in [0.4, 0.5) is 5.69 Å². The lowest BCUT2D eigenvalue weighted by Crippen LogP contribution is -2.36. The predicted octanol–water partition coefficient (Wildman–Crippen LogP) is 3.77. The van der Waals surface area contributed by atoms with E-state index in [-0.39, 0.29) is 37.0 Å². The van der Waals surface area contributed by atoms with Crippen LogP contribution in [0.25, 0.3) is 0 Å². The summed E-state index contributed by atoms with van der Waals surface area (Å²) < 4.78 is 10.7. The monoisotopic (exact) mass is 430 g/mol. The van der Waals surface area contributed by atoms with Gasteiger partial charge in [0.15, 0.2) is 11.5 Å². The molecule has 2 unspecified atom stereocenters. The summed E-state index contributed by atoms with van der Waals surface area (Å²) in [6.07, 6.45) is 1.04. The number of ether oxygens (including phenoxy) is 2. The maximum absolute atomic E-state index is 12.9. The van der Waals surface area contributed by atoms with Crippen LogP contribution in [0.5, 0.6) is 11.5 Å². The molecule has 2 aromatic rings. The zero-order valence-corrected chi connectivity index (χ0v) is 17.1. The van der Waals surface area contributed by atoms with Crippen molar-refractivity contribution < 1.29 is 19.1 Å². The molecule has 1 N–H and O–H groups in total. The van der Waals surface area contributed by atoms with Crippen molar-refractivity contribution in [2.75, 3.05) is 24.0 Å². The van der Waals surface area contributed by atoms with Crippen LogP contribution in [0.3, 0.4) is 0 Å². The molecule has 5 rings (SSSR count). The smallest absolute Gasteiger partial charge is 0.231 e. The molecule has 2 aromatic carbocycles. The van der Waals surface area contributed by atoms with Gasteiger partial charge in [-0.2, -0.15) is 0 Å². The second kappa shape index (κ2) is 7.46. The molecule has 150 valence electrons. The van der Waals surface area contributed by atoms with Gasteiger partial charge >= 0.3 is 0 Å². The molecule has 0 spiro atoms. The van der Waals surface area contributed by atoms with E-state index in [4.69, 9.17) is 21.1 Å². The summed E-state index contributed by atoms with van der Waals surface area (Å²) in [4.78, 5) is 28.3. The maximum Gasteiger partial charge on any atom is 0.231 e. The Hall–Kier alpha value is -2.38. The van der Waals surface area contributed by atoms with E-state index >= 15 is 0 Å². The van der Waals surface area contributed by atoms with Crippen LogP contribution in [0, 0.1) is 5.92 Å². The van der Waals surface area contributed by atoms with Gasteiger partial charge in [0.05, 0.1) is 12.0 Å². The molecule has 1 saturated heterocycles. The number of nitrogens with one attached hydrogen (secondary N) is 1. The Bertz CT molecular complexity index is 999. The highest BCUT2D eigenvalue weighted by molar-refractivity contribution is 7.99. The van der Waals surface area contributed by atoms with Gasteiger partial charge in [-0.25, -0.2) is 0 Å². The first kappa shape index (κ1) is 18.6. The number of nitrogens with zero attached hydrogens (tertiary/aromatic N) is 1. The van der Waals surface area contributed by atoms with Crippen molar-refractivity contribution >= 4 is 40.9 Å². The van der Waals surface area contributed by atoms with Gasteiger partial charge in [-0.15, -0.1) is 11.8 Å². The number of thioether (sulfide) groups is 1. The molecule has 0 saturated carbocycles. The van der Waals surface area contributed by atoms with Gasteiger partial charge in [0.2, 0.25) is 18.6 Å². The molecule has 2 atom stereocenters. The number of anilines is 1. The third-order valence-corrected chi connectivity index (χ3v) is 6.85. The molecule has 8 heteroatoms. The van der Waals surface area contributed by atoms with Crippen molar-refractivity contribution in [3.8, 4) is 11.5 Å². The average molecular weight is 431 g/mol. The zero-order valence-electron chi connectivity index (χ0n) is 15.5. The predicted molar refractivity (Wildman–Crippen MR) is 111 cm³/mol. The molecule has 29 heavy (non-hydrogen) atoms. The molecular formula is C21H19ClN2O4S. The molecule has 1 fully saturated rings. The molecule has 0 aromatic heterocycles. The van der Waals surface area contributed by atoms with Gasteiger partial charge in [0.1, 0.15) is 0 Å². The van der Waals surface area contributed by atoms with E-state index in [1.807, 2.05) is 24.3 Å². The number of amides is 2. The lowest BCUT2D eigenvalue weighted by atomic mass is 10.0. The van der Waals surface area contributed by atoms with Gasteiger partial charge < -0.3 is 19.7 Å². The Morgan fingerprint density at radius 2 is 2.03 bits per heavy atom. The number of rotatable bonds is 3. The zero-order chi connectivity index (χ0) is 20.0. The third kappa shape index (κ3) is 3.53. The Morgan fingerprint density at radius 1 is 1.17 bits per heavy atom. The van der Waals surface area contributed by atoms with Crippen LogP contribution in [-0.2, 0) is 9.59 Å². The van der Waals surface area contributed by atoms with Crippen LogP contribution in [0.15, 0.2) is 41.3 Å². The molecule has 0 aliphatic carbocycles. The second-order valence-corrected chi connectivity index (χ2v) is 8.90. The Morgan fingerprint density at radius 3 is 2.93 bits per heavy atom. The van der Waals surface area contributed by atoms with E-state index in [0.717, 1.165) is 28.3 Å². The van der Waals surface area contributed by atoms with Gasteiger partial charge in [0.25, 0.3) is 0 Å². The van der Waals surface area contributed by atoms with E-state index in [1.165, 1.54) is 0 Å². The van der Waals surface area contributed by atoms with Crippen molar-refractivity contribution in [1.29, 1.82) is 0 Å². The SMILES string of the molecule is O=C(NC1CCSc2ccc(Cl)cc21)C1CC(=O)N(c2ccc3c(c2)OCO3)C1. The van der Waals surface area contributed by atoms with Gasteiger partial charge in [0, 0.05) is 40.4 Å². The molecule has 0 bridgehead atoms. The van der Waals surface area contributed by atoms with E-state index in [2.05, 4.69) is 5.32 Å². The highest BCUT2D eigenvalue weighted by atomic mass is 35.5. The summed E-state index contributed by atoms with van der Waals surface area (Å²) in [5.74, 6) is 1.69. The van der Waals surface area contributed by atoms with E-state index < -0.39 is 0 Å². The second-order valence-electron chi connectivity index (χ2n) is 7.32. The number of carbonyl (C=O) groups is 2. The minimum absolute atomic E-state index is 0.0633. The van der Waals surface area contributed by atoms with Crippen LogP contribution in [-0.4, -0.2) is 30.9 Å². The highest BCUT2D eigenvalue weighted by Crippen LogP contribution is 2.39. The number of fused-ring (bicyclic) bond motifs is 2. The van der Waals surface area contributed by atoms with Gasteiger partial charge in [-0.05, 0) is 42.3 Å². The lowest BCUT2D eigenvalue weighted by Gasteiger charge is -2.27. The molecule has 2 amide bonds. The minimum Gasteiger partial charge on any atom is -0.454 e. The van der Waals surface area contributed by atoms with Crippen LogP contribution >= 0.6 is 23.4 Å². The number of carbonyl (C=O) groups excluding carboxylic acids is 2. The molecule has 0 radical (unpaired) electrons. The van der Waals surface area contributed by atoms with Crippen LogP contribution < -0.4 is 19.7 Å². The standard InChI is InChI=1S/C21H19ClN2O4S/c22-13-1-4-19-15(8-13)16(5-6-29-19)23-21(26)12-7-20(25)24(10-12)14-2-3-17-18(9-14)28-11-27-17/h1-4,8-9,12,16H,5-7,10-11H2,(H,23,26). The van der Waals surface area contributed by atoms with Gasteiger partial charge in [-0.3, -0.25) is 9.59 Å². The normalized spacial score (nSPS) is 22.5. The third-order valence-electron chi connectivity index (χ3n) is 5.49. The number of halogens is 1. The van der Waals surface area contributed by atoms with Crippen molar-refractivity contribution in [3.05, 3.63) is 47.0 Å². The van der Waals surface area contributed by atoms with Gasteiger partial charge in [-0.1, -0.05) is 11.6 Å². The summed E-state index contributed by atoms with van der Waals surface area (Å²) in [7, 11) is 0. The van der Waals surface area contributed by atoms with E-state index in [0.29, 0.717) is 23.1 Å². The number of hydrogen-bond acceptors (Lipinski definition) is 5. The fourth-order valence-electron chi connectivity index (χ4n) is 3.99.